The highest BCUT2D eigenvalue weighted by Crippen LogP contribution is 2.16. The van der Waals surface area contributed by atoms with Crippen molar-refractivity contribution in [2.45, 2.75) is 0 Å². The predicted molar refractivity (Wildman–Crippen MR) is 69.0 cm³/mol. The minimum atomic E-state index is -0.863. The SMILES string of the molecule is C#CCN(C)CC(=C)c1ccc(F)c(F)c1.Cl. The average molecular weight is 258 g/mol. The van der Waals surface area contributed by atoms with E-state index in [0.717, 1.165) is 12.1 Å². The normalized spacial score (nSPS) is 9.59. The van der Waals surface area contributed by atoms with Gasteiger partial charge in [0.15, 0.2) is 11.6 Å². The highest BCUT2D eigenvalue weighted by Gasteiger charge is 2.06. The monoisotopic (exact) mass is 257 g/mol. The number of halogens is 3. The first-order chi connectivity index (χ1) is 7.54. The van der Waals surface area contributed by atoms with Crippen LogP contribution in [0.4, 0.5) is 8.78 Å². The van der Waals surface area contributed by atoms with Gasteiger partial charge in [-0.2, -0.15) is 0 Å². The van der Waals surface area contributed by atoms with Crippen LogP contribution in [0.25, 0.3) is 5.57 Å². The van der Waals surface area contributed by atoms with E-state index in [1.807, 2.05) is 11.9 Å². The van der Waals surface area contributed by atoms with Crippen molar-refractivity contribution in [1.82, 2.24) is 4.90 Å². The lowest BCUT2D eigenvalue weighted by Gasteiger charge is -2.15. The summed E-state index contributed by atoms with van der Waals surface area (Å²) in [5.41, 5.74) is 1.29. The molecule has 0 spiro atoms. The fraction of sp³-hybridized carbons (Fsp3) is 0.231. The highest BCUT2D eigenvalue weighted by molar-refractivity contribution is 5.85. The Morgan fingerprint density at radius 2 is 2.06 bits per heavy atom. The molecule has 0 fully saturated rings. The molecule has 1 aromatic rings. The number of terminal acetylenes is 1. The number of benzene rings is 1. The van der Waals surface area contributed by atoms with Crippen molar-refractivity contribution < 1.29 is 8.78 Å². The van der Waals surface area contributed by atoms with E-state index in [4.69, 9.17) is 6.42 Å². The molecule has 0 saturated carbocycles. The molecule has 4 heteroatoms. The van der Waals surface area contributed by atoms with E-state index in [0.29, 0.717) is 24.2 Å². The van der Waals surface area contributed by atoms with Crippen LogP contribution in [0, 0.1) is 24.0 Å². The van der Waals surface area contributed by atoms with Crippen molar-refractivity contribution >= 4 is 18.0 Å². The average Bonchev–Trinajstić information content (AvgIpc) is 2.22. The standard InChI is InChI=1S/C13H13F2N.ClH/c1-4-7-16(3)9-10(2)11-5-6-12(14)13(15)8-11;/h1,5-6,8H,2,7,9H2,3H3;1H. The minimum Gasteiger partial charge on any atom is -0.291 e. The van der Waals surface area contributed by atoms with E-state index in [-0.39, 0.29) is 12.4 Å². The maximum absolute atomic E-state index is 13.0. The van der Waals surface area contributed by atoms with Gasteiger partial charge in [0.25, 0.3) is 0 Å². The molecule has 0 unspecified atom stereocenters. The van der Waals surface area contributed by atoms with Crippen molar-refractivity contribution in [3.63, 3.8) is 0 Å². The number of nitrogens with zero attached hydrogens (tertiary/aromatic N) is 1. The predicted octanol–water partition coefficient (Wildman–Crippen LogP) is 2.96. The first-order valence-electron chi connectivity index (χ1n) is 4.80. The Hall–Kier alpha value is -1.37. The van der Waals surface area contributed by atoms with Gasteiger partial charge in [-0.05, 0) is 30.3 Å². The summed E-state index contributed by atoms with van der Waals surface area (Å²) >= 11 is 0. The quantitative estimate of drug-likeness (QED) is 0.750. The Labute approximate surface area is 107 Å². The number of rotatable bonds is 4. The molecule has 1 aromatic carbocycles. The Kier molecular flexibility index (Phi) is 6.48. The number of likely N-dealkylation sites (N-methyl/N-ethyl adjacent to an activating group) is 1. The molecule has 0 aliphatic carbocycles. The van der Waals surface area contributed by atoms with Crippen LogP contribution >= 0.6 is 12.4 Å². The van der Waals surface area contributed by atoms with Crippen LogP contribution < -0.4 is 0 Å². The van der Waals surface area contributed by atoms with Crippen LogP contribution in [0.3, 0.4) is 0 Å². The third-order valence-corrected chi connectivity index (χ3v) is 2.15. The molecule has 0 N–H and O–H groups in total. The molecule has 0 bridgehead atoms. The van der Waals surface area contributed by atoms with E-state index >= 15 is 0 Å². The van der Waals surface area contributed by atoms with Gasteiger partial charge in [-0.1, -0.05) is 18.6 Å². The fourth-order valence-electron chi connectivity index (χ4n) is 1.34. The molecule has 0 aliphatic heterocycles. The molecular formula is C13H14ClF2N. The van der Waals surface area contributed by atoms with Gasteiger partial charge < -0.3 is 0 Å². The smallest absolute Gasteiger partial charge is 0.159 e. The van der Waals surface area contributed by atoms with E-state index in [9.17, 15) is 8.78 Å². The molecular weight excluding hydrogens is 244 g/mol. The van der Waals surface area contributed by atoms with Crippen LogP contribution in [0.5, 0.6) is 0 Å². The second-order valence-corrected chi connectivity index (χ2v) is 3.61. The summed E-state index contributed by atoms with van der Waals surface area (Å²) in [7, 11) is 1.84. The molecule has 0 heterocycles. The molecule has 92 valence electrons. The molecule has 0 amide bonds. The molecule has 17 heavy (non-hydrogen) atoms. The number of hydrogen-bond donors (Lipinski definition) is 0. The third-order valence-electron chi connectivity index (χ3n) is 2.15. The molecule has 0 aliphatic rings. The maximum Gasteiger partial charge on any atom is 0.159 e. The zero-order chi connectivity index (χ0) is 12.1. The first kappa shape index (κ1) is 15.6. The second-order valence-electron chi connectivity index (χ2n) is 3.61. The van der Waals surface area contributed by atoms with Gasteiger partial charge in [0.1, 0.15) is 0 Å². The van der Waals surface area contributed by atoms with Crippen LogP contribution in [0.1, 0.15) is 5.56 Å². The van der Waals surface area contributed by atoms with Gasteiger partial charge in [-0.3, -0.25) is 4.90 Å². The molecule has 0 aromatic heterocycles. The molecule has 1 rings (SSSR count). The second kappa shape index (κ2) is 7.05. The summed E-state index contributed by atoms with van der Waals surface area (Å²) in [4.78, 5) is 1.86. The minimum absolute atomic E-state index is 0. The molecule has 0 atom stereocenters. The van der Waals surface area contributed by atoms with Gasteiger partial charge >= 0.3 is 0 Å². The Balaban J connectivity index is 0.00000256. The summed E-state index contributed by atoms with van der Waals surface area (Å²) in [6.45, 7) is 4.83. The van der Waals surface area contributed by atoms with Gasteiger partial charge in [0.05, 0.1) is 6.54 Å². The topological polar surface area (TPSA) is 3.24 Å². The van der Waals surface area contributed by atoms with Gasteiger partial charge in [0.2, 0.25) is 0 Å². The van der Waals surface area contributed by atoms with Crippen molar-refractivity contribution in [2.75, 3.05) is 20.1 Å². The van der Waals surface area contributed by atoms with Crippen LogP contribution in [-0.4, -0.2) is 25.0 Å². The maximum atomic E-state index is 13.0. The fourth-order valence-corrected chi connectivity index (χ4v) is 1.34. The first-order valence-corrected chi connectivity index (χ1v) is 4.80. The Morgan fingerprint density at radius 1 is 1.41 bits per heavy atom. The highest BCUT2D eigenvalue weighted by atomic mass is 35.5. The third kappa shape index (κ3) is 4.56. The van der Waals surface area contributed by atoms with Gasteiger partial charge in [-0.25, -0.2) is 8.78 Å². The van der Waals surface area contributed by atoms with E-state index < -0.39 is 11.6 Å². The Morgan fingerprint density at radius 3 is 2.59 bits per heavy atom. The van der Waals surface area contributed by atoms with Gasteiger partial charge in [-0.15, -0.1) is 18.8 Å². The largest absolute Gasteiger partial charge is 0.291 e. The summed E-state index contributed by atoms with van der Waals surface area (Å²) in [5, 5.41) is 0. The zero-order valence-corrected chi connectivity index (χ0v) is 10.4. The summed E-state index contributed by atoms with van der Waals surface area (Å²) in [6.07, 6.45) is 5.16. The van der Waals surface area contributed by atoms with E-state index in [1.54, 1.807) is 0 Å². The van der Waals surface area contributed by atoms with E-state index in [2.05, 4.69) is 12.5 Å². The lowest BCUT2D eigenvalue weighted by Crippen LogP contribution is -2.20. The summed E-state index contributed by atoms with van der Waals surface area (Å²) in [6, 6.07) is 3.74. The lowest BCUT2D eigenvalue weighted by atomic mass is 10.1. The van der Waals surface area contributed by atoms with Crippen molar-refractivity contribution in [3.05, 3.63) is 42.0 Å². The lowest BCUT2D eigenvalue weighted by molar-refractivity contribution is 0.425. The molecule has 0 radical (unpaired) electrons. The van der Waals surface area contributed by atoms with Crippen LogP contribution in [0.15, 0.2) is 24.8 Å². The van der Waals surface area contributed by atoms with Crippen molar-refractivity contribution in [2.24, 2.45) is 0 Å². The van der Waals surface area contributed by atoms with E-state index in [1.165, 1.54) is 6.07 Å². The van der Waals surface area contributed by atoms with Crippen LogP contribution in [0.2, 0.25) is 0 Å². The van der Waals surface area contributed by atoms with Gasteiger partial charge in [0, 0.05) is 6.54 Å². The molecule has 0 saturated heterocycles. The summed E-state index contributed by atoms with van der Waals surface area (Å²) < 4.78 is 25.7. The summed E-state index contributed by atoms with van der Waals surface area (Å²) in [5.74, 6) is 0.780. The van der Waals surface area contributed by atoms with Crippen LogP contribution in [-0.2, 0) is 0 Å². The Bertz CT molecular complexity index is 438. The number of hydrogen-bond acceptors (Lipinski definition) is 1. The van der Waals surface area contributed by atoms with Crippen molar-refractivity contribution in [1.29, 1.82) is 0 Å². The molecule has 1 nitrogen and oxygen atoms in total. The zero-order valence-electron chi connectivity index (χ0n) is 9.54. The van der Waals surface area contributed by atoms with Crippen molar-refractivity contribution in [3.8, 4) is 12.3 Å².